The van der Waals surface area contributed by atoms with Gasteiger partial charge in [-0.05, 0) is 18.8 Å². The number of rotatable bonds is 6. The quantitative estimate of drug-likeness (QED) is 0.297. The average Bonchev–Trinajstić information content (AvgIpc) is 2.03. The second kappa shape index (κ2) is 7.57. The van der Waals surface area contributed by atoms with E-state index in [0.29, 0.717) is 5.37 Å². The van der Waals surface area contributed by atoms with Gasteiger partial charge in [0, 0.05) is 6.54 Å². The van der Waals surface area contributed by atoms with Crippen LogP contribution in [0.5, 0.6) is 0 Å². The summed E-state index contributed by atoms with van der Waals surface area (Å²) >= 11 is 4.94. The van der Waals surface area contributed by atoms with Crippen molar-refractivity contribution in [2.75, 3.05) is 25.3 Å². The summed E-state index contributed by atoms with van der Waals surface area (Å²) in [5.74, 6) is 5.61. The van der Waals surface area contributed by atoms with Crippen LogP contribution in [-0.2, 0) is 0 Å². The van der Waals surface area contributed by atoms with Gasteiger partial charge in [0.25, 0.3) is 0 Å². The largest absolute Gasteiger partial charge is 0.259 e. The van der Waals surface area contributed by atoms with Gasteiger partial charge in [0.15, 0.2) is 0 Å². The van der Waals surface area contributed by atoms with Crippen LogP contribution in [-0.4, -0.2) is 35.1 Å². The molecule has 3 N–H and O–H groups in total. The maximum atomic E-state index is 5.61. The first-order chi connectivity index (χ1) is 5.24. The van der Waals surface area contributed by atoms with Crippen LogP contribution in [0.15, 0.2) is 0 Å². The van der Waals surface area contributed by atoms with Gasteiger partial charge in [-0.2, -0.15) is 4.41 Å². The van der Waals surface area contributed by atoms with Crippen LogP contribution < -0.4 is 10.6 Å². The summed E-state index contributed by atoms with van der Waals surface area (Å²) in [4.78, 5) is 0. The Morgan fingerprint density at radius 2 is 2.09 bits per heavy atom. The van der Waals surface area contributed by atoms with Gasteiger partial charge in [0.2, 0.25) is 0 Å². The highest BCUT2D eigenvalue weighted by molar-refractivity contribution is 8.01. The van der Waals surface area contributed by atoms with E-state index in [1.165, 1.54) is 0 Å². The van der Waals surface area contributed by atoms with Gasteiger partial charge in [-0.25, -0.2) is 0 Å². The Hall–Kier alpha value is 0.930. The molecule has 0 rings (SSSR count). The first-order valence-corrected chi connectivity index (χ1v) is 6.81. The van der Waals surface area contributed by atoms with Crippen molar-refractivity contribution in [3.63, 3.8) is 0 Å². The van der Waals surface area contributed by atoms with Crippen molar-refractivity contribution in [3.8, 4) is 0 Å². The number of nitrogens with two attached hydrogens (primary N) is 1. The molecule has 0 aromatic heterocycles. The van der Waals surface area contributed by atoms with Gasteiger partial charge >= 0.3 is 0 Å². The molecule has 0 heterocycles. The molecular formula is C5H15N3S3. The van der Waals surface area contributed by atoms with E-state index in [4.69, 9.17) is 5.84 Å². The highest BCUT2D eigenvalue weighted by atomic mass is 32.2. The SMILES string of the molecule is CSNC(CN(N)SC)SC. The molecule has 0 aliphatic rings. The minimum absolute atomic E-state index is 0.405. The van der Waals surface area contributed by atoms with E-state index >= 15 is 0 Å². The minimum Gasteiger partial charge on any atom is -0.259 e. The Morgan fingerprint density at radius 3 is 2.45 bits per heavy atom. The molecular weight excluding hydrogens is 198 g/mol. The lowest BCUT2D eigenvalue weighted by Gasteiger charge is -2.19. The lowest BCUT2D eigenvalue weighted by Crippen LogP contribution is -2.36. The fraction of sp³-hybridized carbons (Fsp3) is 1.00. The smallest absolute Gasteiger partial charge is 0.0774 e. The number of hydrogen-bond donors (Lipinski definition) is 2. The zero-order chi connectivity index (χ0) is 8.69. The topological polar surface area (TPSA) is 41.3 Å². The fourth-order valence-electron chi connectivity index (χ4n) is 0.529. The second-order valence-corrected chi connectivity index (χ2v) is 4.35. The van der Waals surface area contributed by atoms with Crippen molar-refractivity contribution < 1.29 is 0 Å². The van der Waals surface area contributed by atoms with E-state index in [1.54, 1.807) is 40.1 Å². The van der Waals surface area contributed by atoms with E-state index in [9.17, 15) is 0 Å². The molecule has 0 saturated heterocycles. The van der Waals surface area contributed by atoms with Crippen molar-refractivity contribution in [2.24, 2.45) is 5.84 Å². The first kappa shape index (κ1) is 11.9. The molecule has 0 spiro atoms. The van der Waals surface area contributed by atoms with Crippen molar-refractivity contribution in [3.05, 3.63) is 0 Å². The molecule has 68 valence electrons. The van der Waals surface area contributed by atoms with Crippen molar-refractivity contribution in [1.82, 2.24) is 9.14 Å². The molecule has 0 amide bonds. The predicted octanol–water partition coefficient (Wildman–Crippen LogP) is 0.997. The van der Waals surface area contributed by atoms with Gasteiger partial charge < -0.3 is 0 Å². The van der Waals surface area contributed by atoms with Gasteiger partial charge in [-0.15, -0.1) is 11.8 Å². The zero-order valence-electron chi connectivity index (χ0n) is 7.03. The Kier molecular flexibility index (Phi) is 8.21. The first-order valence-electron chi connectivity index (χ1n) is 3.12. The summed E-state index contributed by atoms with van der Waals surface area (Å²) in [6.07, 6.45) is 6.06. The Bertz CT molecular complexity index is 93.0. The molecule has 0 saturated carbocycles. The lowest BCUT2D eigenvalue weighted by atomic mass is 10.7. The summed E-state index contributed by atoms with van der Waals surface area (Å²) in [6.45, 7) is 0.850. The molecule has 0 aliphatic carbocycles. The molecule has 0 bridgehead atoms. The van der Waals surface area contributed by atoms with E-state index in [0.717, 1.165) is 6.54 Å². The molecule has 6 heteroatoms. The van der Waals surface area contributed by atoms with Crippen LogP contribution in [0, 0.1) is 0 Å². The van der Waals surface area contributed by atoms with Crippen LogP contribution in [0.3, 0.4) is 0 Å². The van der Waals surface area contributed by atoms with E-state index in [2.05, 4.69) is 11.0 Å². The van der Waals surface area contributed by atoms with E-state index in [1.807, 2.05) is 12.5 Å². The number of nitrogens with one attached hydrogen (secondary N) is 1. The normalized spacial score (nSPS) is 13.9. The number of hydrazine groups is 1. The van der Waals surface area contributed by atoms with Crippen molar-refractivity contribution in [2.45, 2.75) is 5.37 Å². The Morgan fingerprint density at radius 1 is 1.45 bits per heavy atom. The van der Waals surface area contributed by atoms with Crippen LogP contribution in [0.25, 0.3) is 0 Å². The molecule has 0 aliphatic heterocycles. The summed E-state index contributed by atoms with van der Waals surface area (Å²) in [7, 11) is 0. The molecule has 1 unspecified atom stereocenters. The number of nitrogens with zero attached hydrogens (tertiary/aromatic N) is 1. The average molecular weight is 213 g/mol. The Labute approximate surface area is 81.5 Å². The third-order valence-electron chi connectivity index (χ3n) is 1.11. The van der Waals surface area contributed by atoms with Crippen LogP contribution in [0.4, 0.5) is 0 Å². The van der Waals surface area contributed by atoms with Gasteiger partial charge in [-0.1, -0.05) is 23.9 Å². The van der Waals surface area contributed by atoms with Gasteiger partial charge in [0.1, 0.15) is 0 Å². The maximum Gasteiger partial charge on any atom is 0.0774 e. The fourth-order valence-corrected chi connectivity index (χ4v) is 2.24. The summed E-state index contributed by atoms with van der Waals surface area (Å²) in [5.41, 5.74) is 0. The summed E-state index contributed by atoms with van der Waals surface area (Å²) in [5, 5.41) is 0.405. The molecule has 3 nitrogen and oxygen atoms in total. The van der Waals surface area contributed by atoms with Gasteiger partial charge in [0.05, 0.1) is 5.37 Å². The Balaban J connectivity index is 3.49. The maximum absolute atomic E-state index is 5.61. The van der Waals surface area contributed by atoms with E-state index < -0.39 is 0 Å². The third kappa shape index (κ3) is 6.12. The monoisotopic (exact) mass is 213 g/mol. The number of hydrogen-bond acceptors (Lipinski definition) is 6. The van der Waals surface area contributed by atoms with E-state index in [-0.39, 0.29) is 0 Å². The van der Waals surface area contributed by atoms with Crippen molar-refractivity contribution in [1.29, 1.82) is 0 Å². The molecule has 0 fully saturated rings. The lowest BCUT2D eigenvalue weighted by molar-refractivity contribution is 0.489. The van der Waals surface area contributed by atoms with Gasteiger partial charge in [-0.3, -0.25) is 10.6 Å². The van der Waals surface area contributed by atoms with Crippen molar-refractivity contribution >= 4 is 35.7 Å². The molecule has 1 atom stereocenters. The summed E-state index contributed by atoms with van der Waals surface area (Å²) in [6, 6.07) is 0. The third-order valence-corrected chi connectivity index (χ3v) is 3.24. The molecule has 0 aromatic rings. The standard InChI is InChI=1S/C5H15N3S3/c1-9-5(7-10-2)4-8(6)11-3/h5,7H,4,6H2,1-3H3. The molecule has 0 aromatic carbocycles. The highest BCUT2D eigenvalue weighted by Gasteiger charge is 2.07. The zero-order valence-corrected chi connectivity index (χ0v) is 9.48. The predicted molar refractivity (Wildman–Crippen MR) is 58.4 cm³/mol. The second-order valence-electron chi connectivity index (χ2n) is 1.83. The van der Waals surface area contributed by atoms with Crippen LogP contribution in [0.2, 0.25) is 0 Å². The molecule has 11 heavy (non-hydrogen) atoms. The van der Waals surface area contributed by atoms with Crippen LogP contribution >= 0.6 is 35.7 Å². The van der Waals surface area contributed by atoms with Crippen LogP contribution in [0.1, 0.15) is 0 Å². The number of thioether (sulfide) groups is 1. The highest BCUT2D eigenvalue weighted by Crippen LogP contribution is 2.09. The summed E-state index contributed by atoms with van der Waals surface area (Å²) < 4.78 is 4.97. The molecule has 0 radical (unpaired) electrons. The minimum atomic E-state index is 0.405.